The van der Waals surface area contributed by atoms with Gasteiger partial charge in [-0.2, -0.15) is 0 Å². The summed E-state index contributed by atoms with van der Waals surface area (Å²) in [5.41, 5.74) is 0.997. The van der Waals surface area contributed by atoms with Gasteiger partial charge >= 0.3 is 0 Å². The molecule has 0 saturated carbocycles. The standard InChI is InChI=1S/C11H12ClN3O/c12-8-1-3-15-9(5-8)6-14-11(15)10-7-13-2-4-16-10/h1,3,5-6,10,13H,2,4,7H2. The van der Waals surface area contributed by atoms with E-state index in [9.17, 15) is 0 Å². The van der Waals surface area contributed by atoms with Crippen LogP contribution in [0.1, 0.15) is 11.9 Å². The Hall–Kier alpha value is -1.10. The van der Waals surface area contributed by atoms with Crippen LogP contribution >= 0.6 is 11.6 Å². The number of ether oxygens (including phenoxy) is 1. The topological polar surface area (TPSA) is 38.6 Å². The zero-order valence-corrected chi connectivity index (χ0v) is 9.44. The third-order valence-electron chi connectivity index (χ3n) is 2.74. The fourth-order valence-electron chi connectivity index (χ4n) is 1.96. The minimum Gasteiger partial charge on any atom is -0.368 e. The summed E-state index contributed by atoms with van der Waals surface area (Å²) >= 11 is 5.93. The Morgan fingerprint density at radius 1 is 1.56 bits per heavy atom. The number of fused-ring (bicyclic) bond motifs is 1. The van der Waals surface area contributed by atoms with E-state index in [1.165, 1.54) is 0 Å². The molecule has 2 aromatic rings. The van der Waals surface area contributed by atoms with Gasteiger partial charge in [0, 0.05) is 24.3 Å². The van der Waals surface area contributed by atoms with E-state index < -0.39 is 0 Å². The van der Waals surface area contributed by atoms with E-state index in [-0.39, 0.29) is 6.10 Å². The molecule has 5 heteroatoms. The highest BCUT2D eigenvalue weighted by Gasteiger charge is 2.20. The molecule has 1 atom stereocenters. The van der Waals surface area contributed by atoms with Crippen LogP contribution in [-0.4, -0.2) is 29.1 Å². The van der Waals surface area contributed by atoms with Crippen molar-refractivity contribution in [3.8, 4) is 0 Å². The van der Waals surface area contributed by atoms with Crippen LogP contribution in [0.25, 0.3) is 5.52 Å². The van der Waals surface area contributed by atoms with Crippen molar-refractivity contribution in [3.05, 3.63) is 35.4 Å². The Bertz CT molecular complexity index is 505. The number of nitrogens with one attached hydrogen (secondary N) is 1. The molecule has 1 saturated heterocycles. The van der Waals surface area contributed by atoms with Crippen LogP contribution in [0.3, 0.4) is 0 Å². The third-order valence-corrected chi connectivity index (χ3v) is 2.97. The maximum absolute atomic E-state index is 5.93. The number of hydrogen-bond acceptors (Lipinski definition) is 3. The third kappa shape index (κ3) is 1.69. The molecule has 0 bridgehead atoms. The molecule has 16 heavy (non-hydrogen) atoms. The number of hydrogen-bond donors (Lipinski definition) is 1. The summed E-state index contributed by atoms with van der Waals surface area (Å²) in [6.07, 6.45) is 3.77. The molecule has 0 spiro atoms. The van der Waals surface area contributed by atoms with Crippen molar-refractivity contribution < 1.29 is 4.74 Å². The first-order valence-corrected chi connectivity index (χ1v) is 5.67. The second-order valence-corrected chi connectivity index (χ2v) is 4.26. The monoisotopic (exact) mass is 237 g/mol. The Morgan fingerprint density at radius 2 is 2.50 bits per heavy atom. The van der Waals surface area contributed by atoms with Gasteiger partial charge in [-0.05, 0) is 12.1 Å². The predicted molar refractivity (Wildman–Crippen MR) is 61.8 cm³/mol. The van der Waals surface area contributed by atoms with Gasteiger partial charge < -0.3 is 14.5 Å². The molecule has 84 valence electrons. The van der Waals surface area contributed by atoms with E-state index in [2.05, 4.69) is 10.3 Å². The molecule has 1 unspecified atom stereocenters. The predicted octanol–water partition coefficient (Wildman–Crippen LogP) is 1.65. The summed E-state index contributed by atoms with van der Waals surface area (Å²) in [6, 6.07) is 3.75. The van der Waals surface area contributed by atoms with Gasteiger partial charge in [-0.15, -0.1) is 0 Å². The van der Waals surface area contributed by atoms with E-state index >= 15 is 0 Å². The van der Waals surface area contributed by atoms with Crippen LogP contribution in [0.5, 0.6) is 0 Å². The summed E-state index contributed by atoms with van der Waals surface area (Å²) in [5.74, 6) is 0.930. The summed E-state index contributed by atoms with van der Waals surface area (Å²) in [7, 11) is 0. The van der Waals surface area contributed by atoms with Gasteiger partial charge in [0.05, 0.1) is 18.3 Å². The normalized spacial score (nSPS) is 21.4. The maximum atomic E-state index is 5.93. The van der Waals surface area contributed by atoms with Crippen molar-refractivity contribution in [1.29, 1.82) is 0 Å². The lowest BCUT2D eigenvalue weighted by Gasteiger charge is -2.22. The van der Waals surface area contributed by atoms with Gasteiger partial charge in [0.15, 0.2) is 0 Å². The molecule has 1 N–H and O–H groups in total. The van der Waals surface area contributed by atoms with Gasteiger partial charge in [0.25, 0.3) is 0 Å². The maximum Gasteiger partial charge on any atom is 0.143 e. The van der Waals surface area contributed by atoms with E-state index in [0.29, 0.717) is 0 Å². The SMILES string of the molecule is Clc1ccn2c(C3CNCCO3)ncc2c1. The van der Waals surface area contributed by atoms with Crippen LogP contribution in [-0.2, 0) is 4.74 Å². The largest absolute Gasteiger partial charge is 0.368 e. The molecule has 3 rings (SSSR count). The molecular weight excluding hydrogens is 226 g/mol. The number of nitrogens with zero attached hydrogens (tertiary/aromatic N) is 2. The minimum absolute atomic E-state index is 0.0254. The Morgan fingerprint density at radius 3 is 3.31 bits per heavy atom. The fourth-order valence-corrected chi connectivity index (χ4v) is 2.13. The van der Waals surface area contributed by atoms with Crippen molar-refractivity contribution >= 4 is 17.1 Å². The van der Waals surface area contributed by atoms with Crippen molar-refractivity contribution in [2.24, 2.45) is 0 Å². The highest BCUT2D eigenvalue weighted by Crippen LogP contribution is 2.20. The van der Waals surface area contributed by atoms with Crippen LogP contribution < -0.4 is 5.32 Å². The second kappa shape index (κ2) is 4.05. The highest BCUT2D eigenvalue weighted by atomic mass is 35.5. The van der Waals surface area contributed by atoms with Gasteiger partial charge in [0.2, 0.25) is 0 Å². The lowest BCUT2D eigenvalue weighted by atomic mass is 10.3. The second-order valence-electron chi connectivity index (χ2n) is 3.82. The molecule has 0 aliphatic carbocycles. The van der Waals surface area contributed by atoms with E-state index in [0.717, 1.165) is 36.1 Å². The zero-order chi connectivity index (χ0) is 11.0. The molecule has 0 radical (unpaired) electrons. The summed E-state index contributed by atoms with van der Waals surface area (Å²) in [4.78, 5) is 4.40. The Kier molecular flexibility index (Phi) is 2.55. The molecule has 0 amide bonds. The number of imidazole rings is 1. The van der Waals surface area contributed by atoms with Crippen molar-refractivity contribution in [2.45, 2.75) is 6.10 Å². The van der Waals surface area contributed by atoms with Gasteiger partial charge in [-0.1, -0.05) is 11.6 Å². The number of halogens is 1. The van der Waals surface area contributed by atoms with Gasteiger partial charge in [-0.3, -0.25) is 0 Å². The average Bonchev–Trinajstić information content (AvgIpc) is 2.73. The molecule has 1 aliphatic heterocycles. The number of morpholine rings is 1. The summed E-state index contributed by atoms with van der Waals surface area (Å²) < 4.78 is 7.70. The van der Waals surface area contributed by atoms with E-state index in [4.69, 9.17) is 16.3 Å². The number of pyridine rings is 1. The Labute approximate surface area is 98.2 Å². The lowest BCUT2D eigenvalue weighted by molar-refractivity contribution is 0.0218. The smallest absolute Gasteiger partial charge is 0.143 e. The first-order valence-electron chi connectivity index (χ1n) is 5.29. The molecule has 1 aliphatic rings. The molecular formula is C11H12ClN3O. The highest BCUT2D eigenvalue weighted by molar-refractivity contribution is 6.30. The molecule has 1 fully saturated rings. The van der Waals surface area contributed by atoms with E-state index in [1.807, 2.05) is 28.9 Å². The number of rotatable bonds is 1. The van der Waals surface area contributed by atoms with Crippen LogP contribution in [0, 0.1) is 0 Å². The van der Waals surface area contributed by atoms with Gasteiger partial charge in [-0.25, -0.2) is 4.98 Å². The van der Waals surface area contributed by atoms with Crippen molar-refractivity contribution in [1.82, 2.24) is 14.7 Å². The molecule has 2 aromatic heterocycles. The van der Waals surface area contributed by atoms with E-state index in [1.54, 1.807) is 0 Å². The zero-order valence-electron chi connectivity index (χ0n) is 8.69. The fraction of sp³-hybridized carbons (Fsp3) is 0.364. The average molecular weight is 238 g/mol. The molecule has 0 aromatic carbocycles. The van der Waals surface area contributed by atoms with Crippen LogP contribution in [0.15, 0.2) is 24.5 Å². The van der Waals surface area contributed by atoms with Gasteiger partial charge in [0.1, 0.15) is 11.9 Å². The first-order chi connectivity index (χ1) is 7.84. The quantitative estimate of drug-likeness (QED) is 0.820. The van der Waals surface area contributed by atoms with Crippen LogP contribution in [0.2, 0.25) is 5.02 Å². The lowest BCUT2D eigenvalue weighted by Crippen LogP contribution is -2.34. The number of aromatic nitrogens is 2. The summed E-state index contributed by atoms with van der Waals surface area (Å²) in [6.45, 7) is 2.44. The molecule has 4 nitrogen and oxygen atoms in total. The van der Waals surface area contributed by atoms with Crippen LogP contribution in [0.4, 0.5) is 0 Å². The van der Waals surface area contributed by atoms with Crippen molar-refractivity contribution in [2.75, 3.05) is 19.7 Å². The first kappa shape index (κ1) is 10.1. The summed E-state index contributed by atoms with van der Waals surface area (Å²) in [5, 5.41) is 4.02. The Balaban J connectivity index is 2.03. The molecule has 3 heterocycles. The minimum atomic E-state index is 0.0254. The van der Waals surface area contributed by atoms with Crippen molar-refractivity contribution in [3.63, 3.8) is 0 Å².